The van der Waals surface area contributed by atoms with Crippen molar-refractivity contribution in [3.8, 4) is 11.3 Å². The van der Waals surface area contributed by atoms with E-state index in [1.54, 1.807) is 0 Å². The van der Waals surface area contributed by atoms with Crippen LogP contribution >= 0.6 is 0 Å². The van der Waals surface area contributed by atoms with Crippen molar-refractivity contribution >= 4 is 16.9 Å². The first-order valence-corrected chi connectivity index (χ1v) is 6.36. The van der Waals surface area contributed by atoms with Crippen LogP contribution in [0.25, 0.3) is 22.2 Å². The van der Waals surface area contributed by atoms with E-state index in [1.165, 1.54) is 31.4 Å². The van der Waals surface area contributed by atoms with Crippen LogP contribution in [0.2, 0.25) is 0 Å². The van der Waals surface area contributed by atoms with Crippen LogP contribution in [0.4, 0.5) is 13.2 Å². The molecule has 1 aromatic heterocycles. The number of carbonyl (C=O) groups excluding carboxylic acids is 1. The molecule has 0 radical (unpaired) electrons. The van der Waals surface area contributed by atoms with Crippen molar-refractivity contribution in [2.75, 3.05) is 7.11 Å². The number of hydrogen-bond acceptors (Lipinski definition) is 2. The molecule has 22 heavy (non-hydrogen) atoms. The van der Waals surface area contributed by atoms with Gasteiger partial charge in [-0.05, 0) is 35.9 Å². The molecule has 0 spiro atoms. The molecule has 112 valence electrons. The van der Waals surface area contributed by atoms with Gasteiger partial charge in [0.15, 0.2) is 0 Å². The zero-order valence-corrected chi connectivity index (χ0v) is 11.4. The molecular formula is C16H10F3NO2. The molecule has 0 amide bonds. The number of ether oxygens (including phenoxy) is 1. The second kappa shape index (κ2) is 5.22. The summed E-state index contributed by atoms with van der Waals surface area (Å²) in [6, 6.07) is 7.04. The highest BCUT2D eigenvalue weighted by Crippen LogP contribution is 2.32. The number of hydrogen-bond donors (Lipinski definition) is 1. The van der Waals surface area contributed by atoms with E-state index in [0.717, 1.165) is 6.07 Å². The molecule has 0 aliphatic rings. The SMILES string of the molecule is COC(=O)c1c(-c2ccc(F)cc2)[nH]c2c(F)cc(F)cc12. The highest BCUT2D eigenvalue weighted by atomic mass is 19.1. The van der Waals surface area contributed by atoms with Crippen molar-refractivity contribution in [1.82, 2.24) is 4.98 Å². The Morgan fingerprint density at radius 2 is 1.73 bits per heavy atom. The lowest BCUT2D eigenvalue weighted by Gasteiger charge is -2.03. The van der Waals surface area contributed by atoms with Gasteiger partial charge in [-0.2, -0.15) is 0 Å². The summed E-state index contributed by atoms with van der Waals surface area (Å²) in [4.78, 5) is 14.8. The van der Waals surface area contributed by atoms with Gasteiger partial charge in [0.25, 0.3) is 0 Å². The fraction of sp³-hybridized carbons (Fsp3) is 0.0625. The number of halogens is 3. The maximum absolute atomic E-state index is 13.9. The fourth-order valence-electron chi connectivity index (χ4n) is 2.37. The Hall–Kier alpha value is -2.76. The number of carbonyl (C=O) groups is 1. The molecule has 0 fully saturated rings. The molecule has 3 aromatic rings. The van der Waals surface area contributed by atoms with Crippen molar-refractivity contribution in [2.45, 2.75) is 0 Å². The lowest BCUT2D eigenvalue weighted by atomic mass is 10.1. The number of nitrogens with one attached hydrogen (secondary N) is 1. The third kappa shape index (κ3) is 2.22. The van der Waals surface area contributed by atoms with Crippen molar-refractivity contribution < 1.29 is 22.7 Å². The second-order valence-corrected chi connectivity index (χ2v) is 4.68. The van der Waals surface area contributed by atoms with E-state index < -0.39 is 23.4 Å². The molecular weight excluding hydrogens is 295 g/mol. The fourth-order valence-corrected chi connectivity index (χ4v) is 2.37. The zero-order valence-electron chi connectivity index (χ0n) is 11.4. The predicted molar refractivity (Wildman–Crippen MR) is 74.9 cm³/mol. The third-order valence-corrected chi connectivity index (χ3v) is 3.35. The monoisotopic (exact) mass is 305 g/mol. The Balaban J connectivity index is 2.36. The van der Waals surface area contributed by atoms with Gasteiger partial charge >= 0.3 is 5.97 Å². The molecule has 0 saturated heterocycles. The zero-order chi connectivity index (χ0) is 15.9. The summed E-state index contributed by atoms with van der Waals surface area (Å²) < 4.78 is 45.1. The van der Waals surface area contributed by atoms with E-state index in [-0.39, 0.29) is 22.2 Å². The number of H-pyrrole nitrogens is 1. The van der Waals surface area contributed by atoms with Crippen LogP contribution < -0.4 is 0 Å². The van der Waals surface area contributed by atoms with Crippen molar-refractivity contribution in [2.24, 2.45) is 0 Å². The minimum absolute atomic E-state index is 0.00232. The number of aromatic amines is 1. The number of benzene rings is 2. The third-order valence-electron chi connectivity index (χ3n) is 3.35. The number of rotatable bonds is 2. The Morgan fingerprint density at radius 3 is 2.36 bits per heavy atom. The van der Waals surface area contributed by atoms with E-state index in [1.807, 2.05) is 0 Å². The van der Waals surface area contributed by atoms with Gasteiger partial charge < -0.3 is 9.72 Å². The van der Waals surface area contributed by atoms with Crippen molar-refractivity contribution in [3.63, 3.8) is 0 Å². The van der Waals surface area contributed by atoms with Crippen molar-refractivity contribution in [1.29, 1.82) is 0 Å². The molecule has 0 atom stereocenters. The van der Waals surface area contributed by atoms with E-state index in [0.29, 0.717) is 11.6 Å². The van der Waals surface area contributed by atoms with Gasteiger partial charge in [0, 0.05) is 11.5 Å². The molecule has 3 rings (SSSR count). The first-order chi connectivity index (χ1) is 10.5. The summed E-state index contributed by atoms with van der Waals surface area (Å²) in [5, 5.41) is 0.0728. The van der Waals surface area contributed by atoms with Gasteiger partial charge in [0.05, 0.1) is 23.9 Å². The number of aromatic nitrogens is 1. The topological polar surface area (TPSA) is 42.1 Å². The number of fused-ring (bicyclic) bond motifs is 1. The molecule has 6 heteroatoms. The minimum Gasteiger partial charge on any atom is -0.465 e. The van der Waals surface area contributed by atoms with Crippen LogP contribution in [0.15, 0.2) is 36.4 Å². The van der Waals surface area contributed by atoms with Crippen LogP contribution in [-0.4, -0.2) is 18.1 Å². The molecule has 2 aromatic carbocycles. The Labute approximate surface area is 123 Å². The van der Waals surface area contributed by atoms with E-state index in [4.69, 9.17) is 4.74 Å². The van der Waals surface area contributed by atoms with Crippen LogP contribution in [0.1, 0.15) is 10.4 Å². The molecule has 0 unspecified atom stereocenters. The van der Waals surface area contributed by atoms with E-state index in [2.05, 4.69) is 4.98 Å². The molecule has 0 bridgehead atoms. The quantitative estimate of drug-likeness (QED) is 0.726. The first kappa shape index (κ1) is 14.2. The molecule has 1 heterocycles. The normalized spacial score (nSPS) is 10.9. The highest BCUT2D eigenvalue weighted by molar-refractivity contribution is 6.10. The summed E-state index contributed by atoms with van der Waals surface area (Å²) in [6.07, 6.45) is 0. The number of methoxy groups -OCH3 is 1. The maximum Gasteiger partial charge on any atom is 0.340 e. The average molecular weight is 305 g/mol. The Morgan fingerprint density at radius 1 is 1.05 bits per heavy atom. The summed E-state index contributed by atoms with van der Waals surface area (Å²) in [5.41, 5.74) is 0.688. The van der Waals surface area contributed by atoms with E-state index >= 15 is 0 Å². The molecule has 0 saturated carbocycles. The Kier molecular flexibility index (Phi) is 3.36. The average Bonchev–Trinajstić information content (AvgIpc) is 2.87. The molecule has 0 aliphatic carbocycles. The van der Waals surface area contributed by atoms with Gasteiger partial charge in [0.1, 0.15) is 17.5 Å². The largest absolute Gasteiger partial charge is 0.465 e. The van der Waals surface area contributed by atoms with Crippen LogP contribution in [0.3, 0.4) is 0 Å². The van der Waals surface area contributed by atoms with Crippen LogP contribution in [0.5, 0.6) is 0 Å². The number of esters is 1. The van der Waals surface area contributed by atoms with E-state index in [9.17, 15) is 18.0 Å². The summed E-state index contributed by atoms with van der Waals surface area (Å²) in [6.45, 7) is 0. The predicted octanol–water partition coefficient (Wildman–Crippen LogP) is 4.04. The molecule has 0 aliphatic heterocycles. The smallest absolute Gasteiger partial charge is 0.340 e. The van der Waals surface area contributed by atoms with Crippen LogP contribution in [0, 0.1) is 17.5 Å². The molecule has 3 nitrogen and oxygen atoms in total. The second-order valence-electron chi connectivity index (χ2n) is 4.68. The van der Waals surface area contributed by atoms with Gasteiger partial charge in [-0.3, -0.25) is 0 Å². The van der Waals surface area contributed by atoms with Crippen LogP contribution in [-0.2, 0) is 4.74 Å². The van der Waals surface area contributed by atoms with Crippen molar-refractivity contribution in [3.05, 3.63) is 59.4 Å². The lowest BCUT2D eigenvalue weighted by molar-refractivity contribution is 0.0604. The van der Waals surface area contributed by atoms with Gasteiger partial charge in [-0.25, -0.2) is 18.0 Å². The van der Waals surface area contributed by atoms with Gasteiger partial charge in [0.2, 0.25) is 0 Å². The standard InChI is InChI=1S/C16H10F3NO2/c1-22-16(21)13-11-6-10(18)7-12(19)15(11)20-14(13)8-2-4-9(17)5-3-8/h2-7,20H,1H3. The van der Waals surface area contributed by atoms with Gasteiger partial charge in [-0.15, -0.1) is 0 Å². The minimum atomic E-state index is -0.825. The first-order valence-electron chi connectivity index (χ1n) is 6.36. The molecule has 1 N–H and O–H groups in total. The van der Waals surface area contributed by atoms with Gasteiger partial charge in [-0.1, -0.05) is 0 Å². The summed E-state index contributed by atoms with van der Waals surface area (Å²) in [5.74, 6) is -2.82. The highest BCUT2D eigenvalue weighted by Gasteiger charge is 2.22. The summed E-state index contributed by atoms with van der Waals surface area (Å²) in [7, 11) is 1.17. The summed E-state index contributed by atoms with van der Waals surface area (Å²) >= 11 is 0. The lowest BCUT2D eigenvalue weighted by Crippen LogP contribution is -2.02. The Bertz CT molecular complexity index is 869. The maximum atomic E-state index is 13.9.